The first-order valence-electron chi connectivity index (χ1n) is 5.76. The van der Waals surface area contributed by atoms with Crippen LogP contribution in [-0.4, -0.2) is 31.0 Å². The first-order valence-corrected chi connectivity index (χ1v) is 5.76. The normalized spacial score (nSPS) is 34.1. The summed E-state index contributed by atoms with van der Waals surface area (Å²) >= 11 is 0. The molecule has 0 aromatic heterocycles. The number of amidine groups is 1. The summed E-state index contributed by atoms with van der Waals surface area (Å²) in [5, 5.41) is 6.86. The van der Waals surface area contributed by atoms with Gasteiger partial charge in [0, 0.05) is 0 Å². The Hall–Kier alpha value is -1.09. The Labute approximate surface area is 90.4 Å². The Morgan fingerprint density at radius 3 is 2.73 bits per heavy atom. The van der Waals surface area contributed by atoms with Crippen molar-refractivity contribution in [1.29, 1.82) is 0 Å². The second kappa shape index (κ2) is 3.49. The highest BCUT2D eigenvalue weighted by Crippen LogP contribution is 2.28. The van der Waals surface area contributed by atoms with E-state index in [0.717, 1.165) is 31.8 Å². The molecule has 0 radical (unpaired) electrons. The van der Waals surface area contributed by atoms with E-state index < -0.39 is 0 Å². The van der Waals surface area contributed by atoms with Crippen molar-refractivity contribution >= 4 is 5.84 Å². The molecule has 2 unspecified atom stereocenters. The Kier molecular flexibility index (Phi) is 2.13. The highest BCUT2D eigenvalue weighted by molar-refractivity contribution is 5.83. The van der Waals surface area contributed by atoms with Gasteiger partial charge in [0.2, 0.25) is 0 Å². The zero-order chi connectivity index (χ0) is 10.3. The lowest BCUT2D eigenvalue weighted by atomic mass is 9.89. The molecule has 2 aliphatic heterocycles. The van der Waals surface area contributed by atoms with Crippen LogP contribution in [0.25, 0.3) is 0 Å². The molecule has 0 bridgehead atoms. The average molecular weight is 203 g/mol. The van der Waals surface area contributed by atoms with Gasteiger partial charge in [0.25, 0.3) is 0 Å². The van der Waals surface area contributed by atoms with Crippen molar-refractivity contribution in [2.24, 2.45) is 4.99 Å². The van der Waals surface area contributed by atoms with E-state index in [9.17, 15) is 0 Å². The molecule has 0 aromatic rings. The smallest absolute Gasteiger partial charge is 0.0945 e. The highest BCUT2D eigenvalue weighted by Gasteiger charge is 2.28. The number of fused-ring (bicyclic) bond motifs is 2. The third-order valence-electron chi connectivity index (χ3n) is 3.39. The summed E-state index contributed by atoms with van der Waals surface area (Å²) in [6.07, 6.45) is 7.06. The maximum absolute atomic E-state index is 4.60. The van der Waals surface area contributed by atoms with Gasteiger partial charge in [0.05, 0.1) is 17.9 Å². The monoisotopic (exact) mass is 203 g/mol. The fraction of sp³-hybridized carbons (Fsp3) is 0.583. The summed E-state index contributed by atoms with van der Waals surface area (Å²) in [5.41, 5.74) is 3.04. The molecular weight excluding hydrogens is 186 g/mol. The minimum absolute atomic E-state index is 0.349. The predicted molar refractivity (Wildman–Crippen MR) is 62.1 cm³/mol. The van der Waals surface area contributed by atoms with Crippen LogP contribution in [0, 0.1) is 0 Å². The molecular formula is C12H17N3. The van der Waals surface area contributed by atoms with Gasteiger partial charge in [-0.25, -0.2) is 0 Å². The first-order chi connectivity index (χ1) is 7.33. The average Bonchev–Trinajstić information content (AvgIpc) is 2.44. The van der Waals surface area contributed by atoms with E-state index in [-0.39, 0.29) is 0 Å². The largest absolute Gasteiger partial charge is 0.365 e. The maximum atomic E-state index is 4.60. The van der Waals surface area contributed by atoms with Crippen molar-refractivity contribution in [3.05, 3.63) is 23.3 Å². The molecule has 2 atom stereocenters. The van der Waals surface area contributed by atoms with Gasteiger partial charge in [-0.3, -0.25) is 4.99 Å². The van der Waals surface area contributed by atoms with Crippen LogP contribution in [-0.2, 0) is 0 Å². The van der Waals surface area contributed by atoms with Gasteiger partial charge in [0.15, 0.2) is 0 Å². The number of nitrogens with zero attached hydrogens (tertiary/aromatic N) is 1. The molecule has 1 aliphatic carbocycles. The van der Waals surface area contributed by atoms with E-state index >= 15 is 0 Å². The van der Waals surface area contributed by atoms with E-state index in [0.29, 0.717) is 12.1 Å². The zero-order valence-electron chi connectivity index (χ0n) is 9.09. The van der Waals surface area contributed by atoms with Crippen LogP contribution in [0.4, 0.5) is 0 Å². The quantitative estimate of drug-likeness (QED) is 0.616. The molecule has 0 saturated carbocycles. The molecule has 0 amide bonds. The topological polar surface area (TPSA) is 36.4 Å². The van der Waals surface area contributed by atoms with Crippen LogP contribution in [0.5, 0.6) is 0 Å². The van der Waals surface area contributed by atoms with Gasteiger partial charge < -0.3 is 10.6 Å². The summed E-state index contributed by atoms with van der Waals surface area (Å²) in [6, 6.07) is 0.767. The lowest BCUT2D eigenvalue weighted by Crippen LogP contribution is -2.33. The summed E-state index contributed by atoms with van der Waals surface area (Å²) in [4.78, 5) is 4.60. The minimum atomic E-state index is 0.349. The molecule has 80 valence electrons. The molecule has 0 aromatic carbocycles. The van der Waals surface area contributed by atoms with E-state index in [1.807, 2.05) is 6.92 Å². The van der Waals surface area contributed by atoms with Crippen molar-refractivity contribution in [2.75, 3.05) is 13.1 Å². The van der Waals surface area contributed by atoms with Crippen molar-refractivity contribution < 1.29 is 0 Å². The van der Waals surface area contributed by atoms with Crippen LogP contribution >= 0.6 is 0 Å². The van der Waals surface area contributed by atoms with E-state index in [1.165, 1.54) is 11.1 Å². The number of rotatable bonds is 0. The Bertz CT molecular complexity index is 365. The molecule has 0 spiro atoms. The lowest BCUT2D eigenvalue weighted by Gasteiger charge is -2.22. The number of nitrogens with one attached hydrogen (secondary N) is 2. The van der Waals surface area contributed by atoms with Gasteiger partial charge in [-0.2, -0.15) is 0 Å². The van der Waals surface area contributed by atoms with Gasteiger partial charge >= 0.3 is 0 Å². The zero-order valence-corrected chi connectivity index (χ0v) is 9.09. The second-order valence-corrected chi connectivity index (χ2v) is 4.51. The van der Waals surface area contributed by atoms with Crippen LogP contribution in [0.2, 0.25) is 0 Å². The Morgan fingerprint density at radius 1 is 1.20 bits per heavy atom. The van der Waals surface area contributed by atoms with Crippen molar-refractivity contribution in [1.82, 2.24) is 10.6 Å². The SMILES string of the molecule is CC1=NC2C=C3CCNCCC3=CC2N1. The van der Waals surface area contributed by atoms with Crippen LogP contribution in [0.15, 0.2) is 28.3 Å². The minimum Gasteiger partial charge on any atom is -0.365 e. The lowest BCUT2D eigenvalue weighted by molar-refractivity contribution is 0.676. The molecule has 1 fully saturated rings. The molecule has 3 heteroatoms. The van der Waals surface area contributed by atoms with Crippen LogP contribution < -0.4 is 10.6 Å². The fourth-order valence-corrected chi connectivity index (χ4v) is 2.64. The second-order valence-electron chi connectivity index (χ2n) is 4.51. The molecule has 3 rings (SSSR count). The van der Waals surface area contributed by atoms with E-state index in [2.05, 4.69) is 27.8 Å². The van der Waals surface area contributed by atoms with Gasteiger partial charge in [-0.1, -0.05) is 12.2 Å². The molecule has 2 heterocycles. The van der Waals surface area contributed by atoms with Crippen LogP contribution in [0.1, 0.15) is 19.8 Å². The van der Waals surface area contributed by atoms with E-state index in [1.54, 1.807) is 0 Å². The summed E-state index contributed by atoms with van der Waals surface area (Å²) < 4.78 is 0. The number of hydrogen-bond donors (Lipinski definition) is 2. The van der Waals surface area contributed by atoms with Crippen molar-refractivity contribution in [3.63, 3.8) is 0 Å². The van der Waals surface area contributed by atoms with Crippen molar-refractivity contribution in [3.8, 4) is 0 Å². The number of aliphatic imine (C=N–C) groups is 1. The summed E-state index contributed by atoms with van der Waals surface area (Å²) in [7, 11) is 0. The maximum Gasteiger partial charge on any atom is 0.0945 e. The summed E-state index contributed by atoms with van der Waals surface area (Å²) in [6.45, 7) is 4.27. The molecule has 2 N–H and O–H groups in total. The summed E-state index contributed by atoms with van der Waals surface area (Å²) in [5.74, 6) is 1.08. The first kappa shape index (κ1) is 9.16. The van der Waals surface area contributed by atoms with Gasteiger partial charge in [-0.15, -0.1) is 0 Å². The number of hydrogen-bond acceptors (Lipinski definition) is 3. The van der Waals surface area contributed by atoms with Crippen LogP contribution in [0.3, 0.4) is 0 Å². The standard InChI is InChI=1S/C12H17N3/c1-8-14-11-6-9-2-4-13-5-3-10(9)7-12(11)15-8/h6-7,11-13H,2-5H2,1H3,(H,14,15). The Morgan fingerprint density at radius 2 is 1.93 bits per heavy atom. The fourth-order valence-electron chi connectivity index (χ4n) is 2.64. The molecule has 1 saturated heterocycles. The molecule has 3 aliphatic rings. The van der Waals surface area contributed by atoms with E-state index in [4.69, 9.17) is 0 Å². The van der Waals surface area contributed by atoms with Crippen molar-refractivity contribution in [2.45, 2.75) is 31.8 Å². The Balaban J connectivity index is 1.91. The third-order valence-corrected chi connectivity index (χ3v) is 3.39. The highest BCUT2D eigenvalue weighted by atomic mass is 15.1. The predicted octanol–water partition coefficient (Wildman–Crippen LogP) is 0.995. The van der Waals surface area contributed by atoms with Gasteiger partial charge in [-0.05, 0) is 44.0 Å². The molecule has 15 heavy (non-hydrogen) atoms. The molecule has 3 nitrogen and oxygen atoms in total. The third kappa shape index (κ3) is 1.61. The van der Waals surface area contributed by atoms with Gasteiger partial charge in [0.1, 0.15) is 0 Å².